The molecular formula is C11H18S. The van der Waals surface area contributed by atoms with Gasteiger partial charge in [-0.2, -0.15) is 11.8 Å². The number of rotatable bonds is 2. The fraction of sp³-hybridized carbons (Fsp3) is 0.636. The minimum Gasteiger partial charge on any atom is -0.154 e. The van der Waals surface area contributed by atoms with Crippen LogP contribution in [0.5, 0.6) is 0 Å². The zero-order valence-electron chi connectivity index (χ0n) is 8.42. The predicted molar refractivity (Wildman–Crippen MR) is 58.6 cm³/mol. The van der Waals surface area contributed by atoms with Gasteiger partial charge in [0.05, 0.1) is 0 Å². The molecule has 0 bridgehead atoms. The Morgan fingerprint density at radius 3 is 2.58 bits per heavy atom. The lowest BCUT2D eigenvalue weighted by Crippen LogP contribution is -2.18. The molecule has 1 aliphatic rings. The molecule has 0 aliphatic heterocycles. The van der Waals surface area contributed by atoms with E-state index < -0.39 is 0 Å². The third-order valence-corrected chi connectivity index (χ3v) is 3.78. The number of thioether (sulfide) groups is 1. The Morgan fingerprint density at radius 1 is 1.50 bits per heavy atom. The molecule has 0 aromatic rings. The predicted octanol–water partition coefficient (Wildman–Crippen LogP) is 3.65. The van der Waals surface area contributed by atoms with Crippen molar-refractivity contribution < 1.29 is 0 Å². The van der Waals surface area contributed by atoms with Gasteiger partial charge in [-0.1, -0.05) is 25.2 Å². The first kappa shape index (κ1) is 9.91. The first-order chi connectivity index (χ1) is 5.56. The number of hydrogen-bond donors (Lipinski definition) is 0. The van der Waals surface area contributed by atoms with Crippen molar-refractivity contribution in [3.63, 3.8) is 0 Å². The molecule has 1 atom stereocenters. The maximum absolute atomic E-state index is 2.38. The summed E-state index contributed by atoms with van der Waals surface area (Å²) in [5.41, 5.74) is 1.48. The molecule has 0 radical (unpaired) electrons. The molecular weight excluding hydrogens is 164 g/mol. The fourth-order valence-electron chi connectivity index (χ4n) is 1.29. The van der Waals surface area contributed by atoms with Crippen LogP contribution < -0.4 is 0 Å². The highest BCUT2D eigenvalue weighted by molar-refractivity contribution is 8.00. The Labute approximate surface area is 80.1 Å². The van der Waals surface area contributed by atoms with E-state index in [1.807, 2.05) is 11.8 Å². The highest BCUT2D eigenvalue weighted by Gasteiger charge is 2.21. The molecule has 0 heterocycles. The second-order valence-corrected chi connectivity index (χ2v) is 5.37. The first-order valence-electron chi connectivity index (χ1n) is 4.50. The molecule has 0 fully saturated rings. The van der Waals surface area contributed by atoms with Crippen LogP contribution in [0.25, 0.3) is 0 Å². The first-order valence-corrected chi connectivity index (χ1v) is 5.72. The molecule has 0 spiro atoms. The van der Waals surface area contributed by atoms with Gasteiger partial charge in [-0.3, -0.25) is 0 Å². The SMILES string of the molecule is CSC(C)(C)C1=CCC(C)C=C1. The molecule has 0 saturated carbocycles. The van der Waals surface area contributed by atoms with Crippen LogP contribution in [0.3, 0.4) is 0 Å². The third kappa shape index (κ3) is 2.16. The van der Waals surface area contributed by atoms with Crippen molar-refractivity contribution in [2.24, 2.45) is 5.92 Å². The zero-order chi connectivity index (χ0) is 9.19. The van der Waals surface area contributed by atoms with Gasteiger partial charge in [0.1, 0.15) is 0 Å². The normalized spacial score (nSPS) is 24.0. The Hall–Kier alpha value is -0.170. The average molecular weight is 182 g/mol. The van der Waals surface area contributed by atoms with Gasteiger partial charge in [0, 0.05) is 4.75 Å². The molecule has 1 heteroatoms. The maximum Gasteiger partial charge on any atom is 0.0346 e. The monoisotopic (exact) mass is 182 g/mol. The zero-order valence-corrected chi connectivity index (χ0v) is 9.24. The smallest absolute Gasteiger partial charge is 0.0346 e. The molecule has 0 N–H and O–H groups in total. The molecule has 0 amide bonds. The van der Waals surface area contributed by atoms with Gasteiger partial charge < -0.3 is 0 Å². The van der Waals surface area contributed by atoms with Crippen LogP contribution in [0.1, 0.15) is 27.2 Å². The van der Waals surface area contributed by atoms with E-state index in [-0.39, 0.29) is 4.75 Å². The van der Waals surface area contributed by atoms with Crippen molar-refractivity contribution in [1.29, 1.82) is 0 Å². The van der Waals surface area contributed by atoms with Gasteiger partial charge in [0.15, 0.2) is 0 Å². The van der Waals surface area contributed by atoms with Crippen LogP contribution in [0, 0.1) is 5.92 Å². The molecule has 12 heavy (non-hydrogen) atoms. The van der Waals surface area contributed by atoms with Gasteiger partial charge in [-0.15, -0.1) is 0 Å². The highest BCUT2D eigenvalue weighted by Crippen LogP contribution is 2.33. The van der Waals surface area contributed by atoms with Crippen molar-refractivity contribution in [2.45, 2.75) is 31.9 Å². The summed E-state index contributed by atoms with van der Waals surface area (Å²) in [6.45, 7) is 6.82. The minimum absolute atomic E-state index is 0.288. The summed E-state index contributed by atoms with van der Waals surface area (Å²) in [6.07, 6.45) is 10.3. The summed E-state index contributed by atoms with van der Waals surface area (Å²) in [6, 6.07) is 0. The van der Waals surface area contributed by atoms with Crippen molar-refractivity contribution in [3.05, 3.63) is 23.8 Å². The third-order valence-electron chi connectivity index (χ3n) is 2.52. The summed E-state index contributed by atoms with van der Waals surface area (Å²) in [7, 11) is 0. The van der Waals surface area contributed by atoms with E-state index in [9.17, 15) is 0 Å². The van der Waals surface area contributed by atoms with Gasteiger partial charge in [0.25, 0.3) is 0 Å². The molecule has 0 nitrogen and oxygen atoms in total. The standard InChI is InChI=1S/C11H18S/c1-9-5-7-10(8-6-9)11(2,3)12-4/h5,7-9H,6H2,1-4H3. The Bertz CT molecular complexity index is 211. The van der Waals surface area contributed by atoms with Crippen LogP contribution >= 0.6 is 11.8 Å². The lowest BCUT2D eigenvalue weighted by molar-refractivity contribution is 0.712. The van der Waals surface area contributed by atoms with Gasteiger partial charge in [-0.25, -0.2) is 0 Å². The fourth-order valence-corrected chi connectivity index (χ4v) is 1.68. The molecule has 0 aromatic carbocycles. The molecule has 0 aromatic heterocycles. The van der Waals surface area contributed by atoms with Crippen LogP contribution in [-0.4, -0.2) is 11.0 Å². The van der Waals surface area contributed by atoms with Gasteiger partial charge >= 0.3 is 0 Å². The lowest BCUT2D eigenvalue weighted by Gasteiger charge is -2.26. The quantitative estimate of drug-likeness (QED) is 0.628. The van der Waals surface area contributed by atoms with E-state index in [1.54, 1.807) is 0 Å². The minimum atomic E-state index is 0.288. The van der Waals surface area contributed by atoms with Crippen LogP contribution in [0.15, 0.2) is 23.8 Å². The van der Waals surface area contributed by atoms with Crippen molar-refractivity contribution in [3.8, 4) is 0 Å². The van der Waals surface area contributed by atoms with Crippen molar-refractivity contribution in [1.82, 2.24) is 0 Å². The summed E-state index contributed by atoms with van der Waals surface area (Å²) < 4.78 is 0.288. The molecule has 68 valence electrons. The van der Waals surface area contributed by atoms with E-state index in [0.29, 0.717) is 0 Å². The van der Waals surface area contributed by atoms with E-state index in [4.69, 9.17) is 0 Å². The van der Waals surface area contributed by atoms with Crippen molar-refractivity contribution >= 4 is 11.8 Å². The van der Waals surface area contributed by atoms with Crippen LogP contribution in [0.4, 0.5) is 0 Å². The topological polar surface area (TPSA) is 0 Å². The summed E-state index contributed by atoms with van der Waals surface area (Å²) >= 11 is 1.92. The van der Waals surface area contributed by atoms with E-state index in [2.05, 4.69) is 45.3 Å². The lowest BCUT2D eigenvalue weighted by atomic mass is 9.92. The summed E-state index contributed by atoms with van der Waals surface area (Å²) in [5, 5.41) is 0. The maximum atomic E-state index is 2.38. The second-order valence-electron chi connectivity index (χ2n) is 3.95. The Kier molecular flexibility index (Phi) is 3.05. The molecule has 1 rings (SSSR count). The van der Waals surface area contributed by atoms with E-state index >= 15 is 0 Å². The van der Waals surface area contributed by atoms with Crippen LogP contribution in [-0.2, 0) is 0 Å². The second kappa shape index (κ2) is 3.69. The van der Waals surface area contributed by atoms with E-state index in [0.717, 1.165) is 5.92 Å². The molecule has 0 saturated heterocycles. The molecule has 1 aliphatic carbocycles. The average Bonchev–Trinajstić information content (AvgIpc) is 2.05. The van der Waals surface area contributed by atoms with Gasteiger partial charge in [-0.05, 0) is 38.0 Å². The summed E-state index contributed by atoms with van der Waals surface area (Å²) in [5.74, 6) is 0.728. The summed E-state index contributed by atoms with van der Waals surface area (Å²) in [4.78, 5) is 0. The Morgan fingerprint density at radius 2 is 2.17 bits per heavy atom. The van der Waals surface area contributed by atoms with Crippen molar-refractivity contribution in [2.75, 3.05) is 6.26 Å². The number of hydrogen-bond acceptors (Lipinski definition) is 1. The van der Waals surface area contributed by atoms with E-state index in [1.165, 1.54) is 12.0 Å². The number of allylic oxidation sites excluding steroid dienone is 3. The largest absolute Gasteiger partial charge is 0.154 e. The highest BCUT2D eigenvalue weighted by atomic mass is 32.2. The van der Waals surface area contributed by atoms with Crippen LogP contribution in [0.2, 0.25) is 0 Å². The van der Waals surface area contributed by atoms with Gasteiger partial charge in [0.2, 0.25) is 0 Å². The molecule has 1 unspecified atom stereocenters. The Balaban J connectivity index is 2.72.